The molecule has 0 aliphatic heterocycles. The number of hydrogen-bond acceptors (Lipinski definition) is 6. The highest BCUT2D eigenvalue weighted by molar-refractivity contribution is 8.00. The molecule has 0 bridgehead atoms. The number of carboxylic acid groups (broad SMARTS) is 1. The van der Waals surface area contributed by atoms with Crippen molar-refractivity contribution in [3.05, 3.63) is 53.2 Å². The predicted octanol–water partition coefficient (Wildman–Crippen LogP) is 2.62. The molecule has 0 unspecified atom stereocenters. The van der Waals surface area contributed by atoms with Crippen LogP contribution in [0.4, 0.5) is 5.69 Å². The van der Waals surface area contributed by atoms with Crippen LogP contribution in [-0.4, -0.2) is 40.2 Å². The van der Waals surface area contributed by atoms with Crippen LogP contribution in [0.2, 0.25) is 0 Å². The normalized spacial score (nSPS) is 10.3. The minimum Gasteiger partial charge on any atom is -0.480 e. The number of nitrogens with one attached hydrogen (secondary N) is 2. The molecule has 0 saturated carbocycles. The fourth-order valence-electron chi connectivity index (χ4n) is 2.27. The van der Waals surface area contributed by atoms with Crippen molar-refractivity contribution in [3.63, 3.8) is 0 Å². The molecule has 8 nitrogen and oxygen atoms in total. The molecule has 1 aromatic carbocycles. The Morgan fingerprint density at radius 3 is 2.45 bits per heavy atom. The third kappa shape index (κ3) is 6.62. The molecule has 9 heteroatoms. The molecular formula is C20H20N4O4S. The Kier molecular flexibility index (Phi) is 7.74. The summed E-state index contributed by atoms with van der Waals surface area (Å²) in [4.78, 5) is 38.9. The summed E-state index contributed by atoms with van der Waals surface area (Å²) in [5.41, 5.74) is 2.05. The van der Waals surface area contributed by atoms with Crippen LogP contribution in [0, 0.1) is 11.3 Å². The Morgan fingerprint density at radius 1 is 1.17 bits per heavy atom. The summed E-state index contributed by atoms with van der Waals surface area (Å²) in [7, 11) is 0. The van der Waals surface area contributed by atoms with E-state index < -0.39 is 18.4 Å². The molecule has 3 N–H and O–H groups in total. The molecule has 29 heavy (non-hydrogen) atoms. The lowest BCUT2D eigenvalue weighted by Crippen LogP contribution is -2.29. The van der Waals surface area contributed by atoms with Crippen molar-refractivity contribution >= 4 is 35.2 Å². The molecule has 0 spiro atoms. The summed E-state index contributed by atoms with van der Waals surface area (Å²) in [6.45, 7) is 3.54. The van der Waals surface area contributed by atoms with Crippen molar-refractivity contribution in [1.82, 2.24) is 10.3 Å². The fraction of sp³-hybridized carbons (Fsp3) is 0.250. The molecule has 0 atom stereocenters. The van der Waals surface area contributed by atoms with Gasteiger partial charge in [-0.3, -0.25) is 14.4 Å². The first-order chi connectivity index (χ1) is 13.8. The van der Waals surface area contributed by atoms with Gasteiger partial charge in [-0.15, -0.1) is 0 Å². The lowest BCUT2D eigenvalue weighted by Gasteiger charge is -2.09. The fourth-order valence-corrected chi connectivity index (χ4v) is 3.04. The summed E-state index contributed by atoms with van der Waals surface area (Å²) in [5.74, 6) is -1.64. The first-order valence-corrected chi connectivity index (χ1v) is 9.72. The maximum atomic E-state index is 12.2. The van der Waals surface area contributed by atoms with Crippen molar-refractivity contribution in [2.45, 2.75) is 24.8 Å². The lowest BCUT2D eigenvalue weighted by molar-refractivity contribution is -0.135. The molecule has 1 aromatic heterocycles. The Balaban J connectivity index is 1.94. The number of amides is 2. The number of thioether (sulfide) groups is 1. The van der Waals surface area contributed by atoms with Crippen molar-refractivity contribution in [2.24, 2.45) is 0 Å². The van der Waals surface area contributed by atoms with Crippen LogP contribution in [0.3, 0.4) is 0 Å². The summed E-state index contributed by atoms with van der Waals surface area (Å²) < 4.78 is 0. The Bertz CT molecular complexity index is 952. The lowest BCUT2D eigenvalue weighted by atomic mass is 10.1. The number of nitrogens with zero attached hydrogens (tertiary/aromatic N) is 2. The smallest absolute Gasteiger partial charge is 0.322 e. The first-order valence-electron chi connectivity index (χ1n) is 8.74. The monoisotopic (exact) mass is 412 g/mol. The van der Waals surface area contributed by atoms with Crippen LogP contribution < -0.4 is 10.6 Å². The van der Waals surface area contributed by atoms with Gasteiger partial charge in [-0.25, -0.2) is 4.98 Å². The van der Waals surface area contributed by atoms with E-state index in [1.807, 2.05) is 19.9 Å². The quantitative estimate of drug-likeness (QED) is 0.568. The zero-order valence-corrected chi connectivity index (χ0v) is 16.7. The van der Waals surface area contributed by atoms with Crippen molar-refractivity contribution in [2.75, 3.05) is 17.6 Å². The molecule has 0 radical (unpaired) electrons. The van der Waals surface area contributed by atoms with Gasteiger partial charge in [0.25, 0.3) is 5.91 Å². The van der Waals surface area contributed by atoms with E-state index in [-0.39, 0.29) is 23.1 Å². The number of pyridine rings is 1. The summed E-state index contributed by atoms with van der Waals surface area (Å²) >= 11 is 1.18. The van der Waals surface area contributed by atoms with E-state index in [4.69, 9.17) is 5.11 Å². The first kappa shape index (κ1) is 21.9. The number of anilines is 1. The van der Waals surface area contributed by atoms with Crippen molar-refractivity contribution < 1.29 is 19.5 Å². The topological polar surface area (TPSA) is 132 Å². The molecule has 2 rings (SSSR count). The number of aliphatic carboxylic acids is 1. The van der Waals surface area contributed by atoms with E-state index in [9.17, 15) is 19.6 Å². The number of aromatic nitrogens is 1. The second kappa shape index (κ2) is 10.2. The van der Waals surface area contributed by atoms with E-state index in [0.717, 1.165) is 5.69 Å². The number of rotatable bonds is 8. The third-order valence-corrected chi connectivity index (χ3v) is 4.76. The van der Waals surface area contributed by atoms with Gasteiger partial charge in [0.15, 0.2) is 0 Å². The second-order valence-corrected chi connectivity index (χ2v) is 7.31. The number of benzene rings is 1. The molecule has 0 aliphatic rings. The van der Waals surface area contributed by atoms with Gasteiger partial charge in [0.1, 0.15) is 17.6 Å². The molecule has 2 amide bonds. The van der Waals surface area contributed by atoms with E-state index in [2.05, 4.69) is 21.7 Å². The van der Waals surface area contributed by atoms with Crippen LogP contribution in [0.1, 0.15) is 41.4 Å². The van der Waals surface area contributed by atoms with Crippen molar-refractivity contribution in [3.8, 4) is 6.07 Å². The zero-order valence-electron chi connectivity index (χ0n) is 15.9. The van der Waals surface area contributed by atoms with Gasteiger partial charge in [-0.2, -0.15) is 5.26 Å². The highest BCUT2D eigenvalue weighted by Gasteiger charge is 2.12. The molecular weight excluding hydrogens is 392 g/mol. The number of carboxylic acids is 1. The average Bonchev–Trinajstić information content (AvgIpc) is 2.70. The highest BCUT2D eigenvalue weighted by Crippen LogP contribution is 2.23. The number of carbonyl (C=O) groups excluding carboxylic acids is 2. The Hall–Kier alpha value is -3.38. The van der Waals surface area contributed by atoms with Gasteiger partial charge < -0.3 is 15.7 Å². The van der Waals surface area contributed by atoms with Gasteiger partial charge in [-0.1, -0.05) is 25.6 Å². The van der Waals surface area contributed by atoms with Crippen LogP contribution >= 0.6 is 11.8 Å². The van der Waals surface area contributed by atoms with Crippen LogP contribution in [0.5, 0.6) is 0 Å². The highest BCUT2D eigenvalue weighted by atomic mass is 32.2. The number of hydrogen-bond donors (Lipinski definition) is 3. The van der Waals surface area contributed by atoms with E-state index >= 15 is 0 Å². The largest absolute Gasteiger partial charge is 0.480 e. The molecule has 1 heterocycles. The zero-order chi connectivity index (χ0) is 21.4. The maximum absolute atomic E-state index is 12.2. The summed E-state index contributed by atoms with van der Waals surface area (Å²) in [6.07, 6.45) is 0. The summed E-state index contributed by atoms with van der Waals surface area (Å²) in [5, 5.41) is 23.3. The predicted molar refractivity (Wildman–Crippen MR) is 109 cm³/mol. The van der Waals surface area contributed by atoms with Gasteiger partial charge >= 0.3 is 5.97 Å². The Morgan fingerprint density at radius 2 is 1.86 bits per heavy atom. The van der Waals surface area contributed by atoms with Crippen LogP contribution in [0.25, 0.3) is 0 Å². The van der Waals surface area contributed by atoms with Crippen LogP contribution in [0.15, 0.2) is 41.4 Å². The van der Waals surface area contributed by atoms with E-state index in [0.29, 0.717) is 16.3 Å². The molecule has 0 fully saturated rings. The minimum atomic E-state index is -1.13. The summed E-state index contributed by atoms with van der Waals surface area (Å²) in [6, 6.07) is 11.7. The van der Waals surface area contributed by atoms with Gasteiger partial charge in [0, 0.05) is 16.9 Å². The Labute approximate surface area is 172 Å². The molecule has 0 aliphatic carbocycles. The molecule has 2 aromatic rings. The second-order valence-electron chi connectivity index (χ2n) is 6.35. The third-order valence-electron chi connectivity index (χ3n) is 3.76. The van der Waals surface area contributed by atoms with Crippen LogP contribution in [-0.2, 0) is 9.59 Å². The maximum Gasteiger partial charge on any atom is 0.322 e. The average molecular weight is 412 g/mol. The minimum absolute atomic E-state index is 0.0735. The van der Waals surface area contributed by atoms with Gasteiger partial charge in [0.05, 0.1) is 11.3 Å². The van der Waals surface area contributed by atoms with E-state index in [1.54, 1.807) is 18.2 Å². The number of carbonyl (C=O) groups is 3. The SMILES string of the molecule is CC(C)c1ccc(C#N)c(SCC(=O)Nc2ccc(C(=O)NCC(=O)O)cc2)n1. The number of nitriles is 1. The standard InChI is InChI=1S/C20H20N4O4S/c1-12(2)16-8-5-14(9-21)20(24-16)29-11-17(25)23-15-6-3-13(4-7-15)19(28)22-10-18(26)27/h3-8,12H,10-11H2,1-2H3,(H,22,28)(H,23,25)(H,26,27). The molecule has 0 saturated heterocycles. The van der Waals surface area contributed by atoms with Crippen molar-refractivity contribution in [1.29, 1.82) is 5.26 Å². The van der Waals surface area contributed by atoms with Gasteiger partial charge in [-0.05, 0) is 42.3 Å². The molecule has 150 valence electrons. The van der Waals surface area contributed by atoms with E-state index in [1.165, 1.54) is 23.9 Å². The van der Waals surface area contributed by atoms with Gasteiger partial charge in [0.2, 0.25) is 5.91 Å².